The number of hydrogen-bond acceptors (Lipinski definition) is 7. The Morgan fingerprint density at radius 3 is 2.47 bits per heavy atom. The number of dihydropyridines is 1. The Morgan fingerprint density at radius 2 is 1.84 bits per heavy atom. The Bertz CT molecular complexity index is 1450. The lowest BCUT2D eigenvalue weighted by Crippen LogP contribution is -3.07. The van der Waals surface area contributed by atoms with Gasteiger partial charge in [-0.15, -0.1) is 6.42 Å². The molecule has 0 bridgehead atoms. The fourth-order valence-electron chi connectivity index (χ4n) is 4.76. The number of carbonyl (C=O) groups excluding carboxylic acids is 3. The van der Waals surface area contributed by atoms with Crippen molar-refractivity contribution >= 4 is 29.2 Å². The number of amides is 2. The topological polar surface area (TPSA) is 124 Å². The van der Waals surface area contributed by atoms with Gasteiger partial charge in [0.05, 0.1) is 24.5 Å². The largest absolute Gasteiger partial charge is 0.599 e. The monoisotopic (exact) mass is 512 g/mol. The summed E-state index contributed by atoms with van der Waals surface area (Å²) in [5, 5.41) is 21.1. The van der Waals surface area contributed by atoms with Crippen molar-refractivity contribution < 1.29 is 24.3 Å². The molecule has 38 heavy (non-hydrogen) atoms. The first-order valence-corrected chi connectivity index (χ1v) is 12.1. The van der Waals surface area contributed by atoms with E-state index in [0.717, 1.165) is 0 Å². The van der Waals surface area contributed by atoms with Gasteiger partial charge in [0.15, 0.2) is 0 Å². The third-order valence-electron chi connectivity index (χ3n) is 6.67. The quantitative estimate of drug-likeness (QED) is 0.321. The summed E-state index contributed by atoms with van der Waals surface area (Å²) in [6.07, 6.45) is 5.98. The van der Waals surface area contributed by atoms with Crippen molar-refractivity contribution in [2.75, 3.05) is 12.4 Å². The molecule has 0 aromatic heterocycles. The van der Waals surface area contributed by atoms with Crippen LogP contribution in [0.15, 0.2) is 76.2 Å². The van der Waals surface area contributed by atoms with E-state index in [9.17, 15) is 19.6 Å². The van der Waals surface area contributed by atoms with Gasteiger partial charge in [-0.05, 0) is 50.6 Å². The molecule has 3 atom stereocenters. The predicted octanol–water partition coefficient (Wildman–Crippen LogP) is 2.37. The van der Waals surface area contributed by atoms with Crippen molar-refractivity contribution in [1.82, 2.24) is 5.32 Å². The number of methoxy groups -OCH3 is 1. The Kier molecular flexibility index (Phi) is 7.57. The zero-order chi connectivity index (χ0) is 27.6. The number of anilines is 1. The van der Waals surface area contributed by atoms with Crippen molar-refractivity contribution in [3.05, 3.63) is 93.0 Å². The lowest BCUT2D eigenvalue weighted by atomic mass is 9.79. The van der Waals surface area contributed by atoms with E-state index in [-0.39, 0.29) is 0 Å². The summed E-state index contributed by atoms with van der Waals surface area (Å²) in [6, 6.07) is 14.0. The van der Waals surface area contributed by atoms with Crippen LogP contribution in [0.3, 0.4) is 0 Å². The number of ether oxygens (including phenoxy) is 1. The average Bonchev–Trinajstić information content (AvgIpc) is 2.91. The summed E-state index contributed by atoms with van der Waals surface area (Å²) in [4.78, 5) is 38.3. The highest BCUT2D eigenvalue weighted by atomic mass is 16.5. The number of nitrogens with one attached hydrogen (secondary N) is 3. The van der Waals surface area contributed by atoms with Gasteiger partial charge < -0.3 is 20.6 Å². The van der Waals surface area contributed by atoms with Gasteiger partial charge in [0.1, 0.15) is 5.71 Å². The normalized spacial score (nSPS) is 21.3. The lowest BCUT2D eigenvalue weighted by molar-refractivity contribution is -0.775. The van der Waals surface area contributed by atoms with Gasteiger partial charge >= 0.3 is 11.9 Å². The van der Waals surface area contributed by atoms with Crippen LogP contribution in [-0.2, 0) is 19.1 Å². The highest BCUT2D eigenvalue weighted by Crippen LogP contribution is 2.39. The van der Waals surface area contributed by atoms with Gasteiger partial charge in [0, 0.05) is 40.2 Å². The van der Waals surface area contributed by atoms with Gasteiger partial charge in [-0.1, -0.05) is 35.3 Å². The van der Waals surface area contributed by atoms with Crippen molar-refractivity contribution in [3.63, 3.8) is 0 Å². The minimum absolute atomic E-state index is 0.316. The van der Waals surface area contributed by atoms with Crippen molar-refractivity contribution in [3.8, 4) is 12.3 Å². The van der Waals surface area contributed by atoms with Crippen molar-refractivity contribution in [2.24, 2.45) is 11.0 Å². The van der Waals surface area contributed by atoms with E-state index in [0.29, 0.717) is 57.1 Å². The summed E-state index contributed by atoms with van der Waals surface area (Å²) >= 11 is 0. The minimum Gasteiger partial charge on any atom is -0.599 e. The Morgan fingerprint density at radius 1 is 1.16 bits per heavy atom. The molecule has 2 heterocycles. The number of terminal acetylenes is 1. The summed E-state index contributed by atoms with van der Waals surface area (Å²) < 4.78 is 5.05. The van der Waals surface area contributed by atoms with Gasteiger partial charge in [-0.2, -0.15) is 5.17 Å². The number of carbonyl (C=O) groups is 3. The molecule has 4 rings (SSSR count). The van der Waals surface area contributed by atoms with Crippen LogP contribution in [0.4, 0.5) is 5.69 Å². The molecule has 0 radical (unpaired) electrons. The molecule has 2 aliphatic rings. The van der Waals surface area contributed by atoms with E-state index in [1.165, 1.54) is 7.11 Å². The summed E-state index contributed by atoms with van der Waals surface area (Å²) in [5.41, 5.74) is 4.89. The number of esters is 1. The molecule has 2 aliphatic heterocycles. The molecule has 2 aromatic rings. The molecule has 0 saturated carbocycles. The van der Waals surface area contributed by atoms with Gasteiger partial charge in [-0.3, -0.25) is 4.79 Å². The van der Waals surface area contributed by atoms with Crippen LogP contribution in [0.25, 0.3) is 0 Å². The van der Waals surface area contributed by atoms with E-state index in [2.05, 4.69) is 21.7 Å². The SMILES string of the molecule is C#Cc1cccc(C2C(C(=O)Nc3ccc(C4=N[NH+]([O-])C(=O)C(C)C4)cc3)=C(C)NC(C)=C2C(=O)OC)c1. The number of quaternary nitrogens is 1. The van der Waals surface area contributed by atoms with Crippen LogP contribution >= 0.6 is 0 Å². The third kappa shape index (κ3) is 5.13. The van der Waals surface area contributed by atoms with Crippen LogP contribution in [0.5, 0.6) is 0 Å². The van der Waals surface area contributed by atoms with Crippen LogP contribution in [0.1, 0.15) is 49.8 Å². The van der Waals surface area contributed by atoms with Crippen molar-refractivity contribution in [2.45, 2.75) is 33.1 Å². The van der Waals surface area contributed by atoms with E-state index >= 15 is 0 Å². The number of nitrogens with zero attached hydrogens (tertiary/aromatic N) is 1. The van der Waals surface area contributed by atoms with Gasteiger partial charge in [0.25, 0.3) is 5.91 Å². The molecule has 3 N–H and O–H groups in total. The summed E-state index contributed by atoms with van der Waals surface area (Å²) in [6.45, 7) is 5.23. The molecule has 0 spiro atoms. The minimum atomic E-state index is -0.743. The maximum absolute atomic E-state index is 13.7. The first kappa shape index (κ1) is 26.5. The summed E-state index contributed by atoms with van der Waals surface area (Å²) in [5.74, 6) is 0.0209. The molecule has 9 heteroatoms. The average molecular weight is 513 g/mol. The van der Waals surface area contributed by atoms with Crippen LogP contribution in [0.2, 0.25) is 0 Å². The molecular formula is C29H28N4O5. The number of allylic oxidation sites excluding steroid dienone is 2. The van der Waals surface area contributed by atoms with Crippen molar-refractivity contribution in [1.29, 1.82) is 0 Å². The highest BCUT2D eigenvalue weighted by molar-refractivity contribution is 6.09. The first-order chi connectivity index (χ1) is 18.1. The Labute approximate surface area is 220 Å². The van der Waals surface area contributed by atoms with Gasteiger partial charge in [-0.25, -0.2) is 9.59 Å². The van der Waals surface area contributed by atoms with E-state index < -0.39 is 34.8 Å². The smallest absolute Gasteiger partial charge is 0.341 e. The molecule has 3 unspecified atom stereocenters. The Hall–Kier alpha value is -4.52. The molecule has 0 saturated heterocycles. The molecular weight excluding hydrogens is 484 g/mol. The van der Waals surface area contributed by atoms with E-state index in [4.69, 9.17) is 11.2 Å². The Balaban J connectivity index is 1.66. The second-order valence-corrected chi connectivity index (χ2v) is 9.26. The second-order valence-electron chi connectivity index (χ2n) is 9.26. The molecule has 194 valence electrons. The maximum atomic E-state index is 13.7. The fraction of sp³-hybridized carbons (Fsp3) is 0.241. The number of rotatable bonds is 5. The summed E-state index contributed by atoms with van der Waals surface area (Å²) in [7, 11) is 1.30. The fourth-order valence-corrected chi connectivity index (χ4v) is 4.76. The van der Waals surface area contributed by atoms with Crippen LogP contribution < -0.4 is 15.8 Å². The molecule has 9 nitrogen and oxygen atoms in total. The predicted molar refractivity (Wildman–Crippen MR) is 142 cm³/mol. The van der Waals surface area contributed by atoms with E-state index in [1.807, 2.05) is 6.07 Å². The zero-order valence-electron chi connectivity index (χ0n) is 21.5. The highest BCUT2D eigenvalue weighted by Gasteiger charge is 2.37. The zero-order valence-corrected chi connectivity index (χ0v) is 21.5. The maximum Gasteiger partial charge on any atom is 0.341 e. The standard InChI is InChI=1S/C29H28N4O5/c1-6-19-8-7-9-21(15-19)26-24(17(3)30-18(4)25(26)29(36)38-5)27(34)31-22-12-10-20(11-13-22)23-14-16(2)28(35)33(37)32-23/h1,7-13,15-16,26,30,33H,14H2,2-5H3,(H,31,34). The van der Waals surface area contributed by atoms with E-state index in [1.54, 1.807) is 63.2 Å². The molecule has 2 amide bonds. The van der Waals surface area contributed by atoms with Gasteiger partial charge in [0.2, 0.25) is 0 Å². The number of benzene rings is 2. The number of hydrogen-bond donors (Lipinski definition) is 3. The molecule has 0 aliphatic carbocycles. The van der Waals surface area contributed by atoms with Crippen LogP contribution in [-0.4, -0.2) is 30.6 Å². The second kappa shape index (κ2) is 10.8. The lowest BCUT2D eigenvalue weighted by Gasteiger charge is -2.31. The number of hydroxylamine groups is 1. The third-order valence-corrected chi connectivity index (χ3v) is 6.67. The molecule has 2 aromatic carbocycles. The first-order valence-electron chi connectivity index (χ1n) is 12.1. The van der Waals surface area contributed by atoms with Crippen LogP contribution in [0, 0.1) is 23.5 Å². The molecule has 0 fully saturated rings.